The molecular weight excluding hydrogens is 330 g/mol. The van der Waals surface area contributed by atoms with Gasteiger partial charge in [-0.15, -0.1) is 0 Å². The minimum atomic E-state index is -0.859. The maximum absolute atomic E-state index is 12.1. The Balaban J connectivity index is 1.73. The lowest BCUT2D eigenvalue weighted by molar-refractivity contribution is -0.143. The fourth-order valence-electron chi connectivity index (χ4n) is 2.05. The summed E-state index contributed by atoms with van der Waals surface area (Å²) in [7, 11) is 0. The van der Waals surface area contributed by atoms with Gasteiger partial charge in [-0.2, -0.15) is 0 Å². The van der Waals surface area contributed by atoms with E-state index in [2.05, 4.69) is 21.2 Å². The van der Waals surface area contributed by atoms with Crippen LogP contribution >= 0.6 is 15.9 Å². The summed E-state index contributed by atoms with van der Waals surface area (Å²) in [4.78, 5) is 23.2. The third kappa shape index (κ3) is 2.22. The zero-order valence-electron chi connectivity index (χ0n) is 10.4. The standard InChI is InChI=1S/C13H12BrNO5/c14-8-4-10-9(19-6-20-10)3-7(8)11(16)15-5-13(1-2-13)12(17)18/h3-4H,1-2,5-6H2,(H,15,16)(H,17,18). The van der Waals surface area contributed by atoms with E-state index in [0.717, 1.165) is 0 Å². The van der Waals surface area contributed by atoms with Crippen LogP contribution in [-0.4, -0.2) is 30.3 Å². The lowest BCUT2D eigenvalue weighted by Gasteiger charge is -2.12. The summed E-state index contributed by atoms with van der Waals surface area (Å²) in [5, 5.41) is 11.7. The smallest absolute Gasteiger partial charge is 0.311 e. The highest BCUT2D eigenvalue weighted by molar-refractivity contribution is 9.10. The predicted octanol–water partition coefficient (Wildman–Crippen LogP) is 1.77. The van der Waals surface area contributed by atoms with Crippen LogP contribution in [0.4, 0.5) is 0 Å². The molecule has 0 aromatic heterocycles. The summed E-state index contributed by atoms with van der Waals surface area (Å²) < 4.78 is 11.0. The van der Waals surface area contributed by atoms with Crippen molar-refractivity contribution in [3.8, 4) is 11.5 Å². The monoisotopic (exact) mass is 341 g/mol. The zero-order chi connectivity index (χ0) is 14.3. The van der Waals surface area contributed by atoms with E-state index in [4.69, 9.17) is 14.6 Å². The molecule has 1 aromatic rings. The van der Waals surface area contributed by atoms with Crippen molar-refractivity contribution in [2.24, 2.45) is 5.41 Å². The molecule has 0 atom stereocenters. The van der Waals surface area contributed by atoms with Crippen LogP contribution in [0.1, 0.15) is 23.2 Å². The van der Waals surface area contributed by atoms with Crippen molar-refractivity contribution in [1.82, 2.24) is 5.32 Å². The predicted molar refractivity (Wildman–Crippen MR) is 71.9 cm³/mol. The molecule has 3 rings (SSSR count). The van der Waals surface area contributed by atoms with E-state index in [1.54, 1.807) is 12.1 Å². The minimum absolute atomic E-state index is 0.134. The molecule has 6 nitrogen and oxygen atoms in total. The van der Waals surface area contributed by atoms with Gasteiger partial charge in [0.25, 0.3) is 5.91 Å². The number of rotatable bonds is 4. The molecule has 106 valence electrons. The number of nitrogens with one attached hydrogen (secondary N) is 1. The minimum Gasteiger partial charge on any atom is -0.481 e. The van der Waals surface area contributed by atoms with Crippen molar-refractivity contribution in [2.45, 2.75) is 12.8 Å². The van der Waals surface area contributed by atoms with Crippen molar-refractivity contribution >= 4 is 27.8 Å². The normalized spacial score (nSPS) is 17.6. The summed E-state index contributed by atoms with van der Waals surface area (Å²) >= 11 is 3.30. The Morgan fingerprint density at radius 1 is 1.30 bits per heavy atom. The molecule has 1 saturated carbocycles. The first-order valence-electron chi connectivity index (χ1n) is 6.13. The zero-order valence-corrected chi connectivity index (χ0v) is 12.0. The molecule has 20 heavy (non-hydrogen) atoms. The molecule has 1 aliphatic heterocycles. The number of carbonyl (C=O) groups excluding carboxylic acids is 1. The van der Waals surface area contributed by atoms with Crippen LogP contribution in [0.5, 0.6) is 11.5 Å². The second-order valence-electron chi connectivity index (χ2n) is 4.95. The number of carboxylic acids is 1. The quantitative estimate of drug-likeness (QED) is 0.871. The lowest BCUT2D eigenvalue weighted by Crippen LogP contribution is -2.34. The van der Waals surface area contributed by atoms with E-state index in [0.29, 0.717) is 34.4 Å². The summed E-state index contributed by atoms with van der Waals surface area (Å²) in [6.07, 6.45) is 1.20. The van der Waals surface area contributed by atoms with Crippen LogP contribution in [0, 0.1) is 5.41 Å². The van der Waals surface area contributed by atoms with Gasteiger partial charge in [0.15, 0.2) is 11.5 Å². The van der Waals surface area contributed by atoms with Crippen LogP contribution in [0.15, 0.2) is 16.6 Å². The van der Waals surface area contributed by atoms with Crippen LogP contribution in [0.3, 0.4) is 0 Å². The number of carbonyl (C=O) groups is 2. The fraction of sp³-hybridized carbons (Fsp3) is 0.385. The van der Waals surface area contributed by atoms with Crippen molar-refractivity contribution in [2.75, 3.05) is 13.3 Å². The van der Waals surface area contributed by atoms with Gasteiger partial charge in [0.2, 0.25) is 6.79 Å². The number of benzene rings is 1. The van der Waals surface area contributed by atoms with Gasteiger partial charge in [0.1, 0.15) is 0 Å². The molecule has 0 unspecified atom stereocenters. The maximum Gasteiger partial charge on any atom is 0.311 e. The second kappa shape index (κ2) is 4.66. The Kier molecular flexibility index (Phi) is 3.08. The van der Waals surface area contributed by atoms with Crippen LogP contribution in [0.25, 0.3) is 0 Å². The molecular formula is C13H12BrNO5. The highest BCUT2D eigenvalue weighted by atomic mass is 79.9. The molecule has 0 bridgehead atoms. The molecule has 1 amide bonds. The number of fused-ring (bicyclic) bond motifs is 1. The highest BCUT2D eigenvalue weighted by Crippen LogP contribution is 2.45. The van der Waals surface area contributed by atoms with Crippen molar-refractivity contribution in [1.29, 1.82) is 0 Å². The van der Waals surface area contributed by atoms with Crippen molar-refractivity contribution < 1.29 is 24.2 Å². The molecule has 1 aromatic carbocycles. The van der Waals surface area contributed by atoms with Crippen LogP contribution in [0.2, 0.25) is 0 Å². The van der Waals surface area contributed by atoms with Crippen LogP contribution in [-0.2, 0) is 4.79 Å². The first kappa shape index (κ1) is 13.2. The molecule has 1 aliphatic carbocycles. The highest BCUT2D eigenvalue weighted by Gasteiger charge is 2.50. The Hall–Kier alpha value is -1.76. The first-order chi connectivity index (χ1) is 9.52. The molecule has 2 aliphatic rings. The topological polar surface area (TPSA) is 84.9 Å². The third-order valence-electron chi connectivity index (χ3n) is 3.60. The number of ether oxygens (including phenoxy) is 2. The maximum atomic E-state index is 12.1. The Labute approximate surface area is 123 Å². The van der Waals surface area contributed by atoms with Gasteiger partial charge in [-0.1, -0.05) is 0 Å². The van der Waals surface area contributed by atoms with Crippen molar-refractivity contribution in [3.63, 3.8) is 0 Å². The largest absolute Gasteiger partial charge is 0.481 e. The molecule has 1 heterocycles. The van der Waals surface area contributed by atoms with Gasteiger partial charge in [-0.05, 0) is 40.9 Å². The molecule has 0 saturated heterocycles. The van der Waals surface area contributed by atoms with Gasteiger partial charge in [0, 0.05) is 11.0 Å². The Bertz CT molecular complexity index is 597. The molecule has 2 N–H and O–H groups in total. The Morgan fingerprint density at radius 2 is 1.95 bits per heavy atom. The SMILES string of the molecule is O=C(NCC1(C(=O)O)CC1)c1cc2c(cc1Br)OCO2. The number of halogens is 1. The van der Waals surface area contributed by atoms with E-state index < -0.39 is 11.4 Å². The number of hydrogen-bond donors (Lipinski definition) is 2. The number of amides is 1. The van der Waals surface area contributed by atoms with Crippen LogP contribution < -0.4 is 14.8 Å². The van der Waals surface area contributed by atoms with E-state index >= 15 is 0 Å². The van der Waals surface area contributed by atoms with Gasteiger partial charge in [-0.3, -0.25) is 9.59 Å². The second-order valence-corrected chi connectivity index (χ2v) is 5.81. The number of aliphatic carboxylic acids is 1. The Morgan fingerprint density at radius 3 is 2.55 bits per heavy atom. The molecule has 1 fully saturated rings. The molecule has 0 radical (unpaired) electrons. The molecule has 7 heteroatoms. The lowest BCUT2D eigenvalue weighted by atomic mass is 10.1. The first-order valence-corrected chi connectivity index (χ1v) is 6.92. The third-order valence-corrected chi connectivity index (χ3v) is 4.26. The average molecular weight is 342 g/mol. The van der Waals surface area contributed by atoms with Gasteiger partial charge < -0.3 is 19.9 Å². The summed E-state index contributed by atoms with van der Waals surface area (Å²) in [5.41, 5.74) is -0.381. The summed E-state index contributed by atoms with van der Waals surface area (Å²) in [5.74, 6) is -0.0967. The van der Waals surface area contributed by atoms with Gasteiger partial charge in [-0.25, -0.2) is 0 Å². The van der Waals surface area contributed by atoms with E-state index in [-0.39, 0.29) is 19.2 Å². The number of hydrogen-bond acceptors (Lipinski definition) is 4. The van der Waals surface area contributed by atoms with Gasteiger partial charge >= 0.3 is 5.97 Å². The van der Waals surface area contributed by atoms with E-state index in [1.807, 2.05) is 0 Å². The van der Waals surface area contributed by atoms with E-state index in [9.17, 15) is 9.59 Å². The van der Waals surface area contributed by atoms with Crippen molar-refractivity contribution in [3.05, 3.63) is 22.2 Å². The van der Waals surface area contributed by atoms with E-state index in [1.165, 1.54) is 0 Å². The fourth-order valence-corrected chi connectivity index (χ4v) is 2.56. The summed E-state index contributed by atoms with van der Waals surface area (Å²) in [6, 6.07) is 3.25. The number of carboxylic acid groups (broad SMARTS) is 1. The molecule has 0 spiro atoms. The average Bonchev–Trinajstić information content (AvgIpc) is 3.08. The van der Waals surface area contributed by atoms with Gasteiger partial charge in [0.05, 0.1) is 11.0 Å². The summed E-state index contributed by atoms with van der Waals surface area (Å²) in [6.45, 7) is 0.275.